The molecular formula is C8H5F2O2. The number of hydrogen-bond donors (Lipinski definition) is 0. The Morgan fingerprint density at radius 1 is 1.42 bits per heavy atom. The van der Waals surface area contributed by atoms with Crippen LogP contribution in [0.15, 0.2) is 12.1 Å². The summed E-state index contributed by atoms with van der Waals surface area (Å²) in [7, 11) is 1.13. The molecule has 12 heavy (non-hydrogen) atoms. The highest BCUT2D eigenvalue weighted by Crippen LogP contribution is 2.07. The van der Waals surface area contributed by atoms with Gasteiger partial charge in [-0.25, -0.2) is 13.6 Å². The standard InChI is InChI=1S/C8H5F2O2/c1-12-8(11)5-2-6(9)4-7(10)3-5/h2-3H,1H3. The highest BCUT2D eigenvalue weighted by molar-refractivity contribution is 5.89. The minimum absolute atomic E-state index is 0.161. The molecule has 0 atom stereocenters. The summed E-state index contributed by atoms with van der Waals surface area (Å²) in [5.41, 5.74) is -0.161. The van der Waals surface area contributed by atoms with E-state index in [1.807, 2.05) is 0 Å². The molecule has 0 unspecified atom stereocenters. The van der Waals surface area contributed by atoms with Gasteiger partial charge in [-0.2, -0.15) is 0 Å². The lowest BCUT2D eigenvalue weighted by Gasteiger charge is -1.98. The largest absolute Gasteiger partial charge is 0.465 e. The Balaban J connectivity index is 3.08. The van der Waals surface area contributed by atoms with Gasteiger partial charge in [0.2, 0.25) is 0 Å². The predicted molar refractivity (Wildman–Crippen MR) is 36.5 cm³/mol. The molecule has 1 rings (SSSR count). The third kappa shape index (κ3) is 1.78. The first-order valence-electron chi connectivity index (χ1n) is 3.10. The second-order valence-corrected chi connectivity index (χ2v) is 2.06. The van der Waals surface area contributed by atoms with Crippen LogP contribution >= 0.6 is 0 Å². The van der Waals surface area contributed by atoms with Crippen molar-refractivity contribution in [2.24, 2.45) is 0 Å². The third-order valence-corrected chi connectivity index (χ3v) is 1.22. The molecule has 0 heterocycles. The van der Waals surface area contributed by atoms with E-state index >= 15 is 0 Å². The highest BCUT2D eigenvalue weighted by Gasteiger charge is 2.08. The van der Waals surface area contributed by atoms with E-state index in [2.05, 4.69) is 4.74 Å². The van der Waals surface area contributed by atoms with Gasteiger partial charge in [-0.05, 0) is 12.1 Å². The fraction of sp³-hybridized carbons (Fsp3) is 0.125. The SMILES string of the molecule is COC(=O)c1cc(F)[c]c(F)c1. The van der Waals surface area contributed by atoms with Crippen molar-refractivity contribution in [3.8, 4) is 0 Å². The lowest BCUT2D eigenvalue weighted by Crippen LogP contribution is -2.02. The molecule has 0 fully saturated rings. The van der Waals surface area contributed by atoms with Crippen molar-refractivity contribution >= 4 is 5.97 Å². The molecule has 4 heteroatoms. The summed E-state index contributed by atoms with van der Waals surface area (Å²) in [6, 6.07) is 3.46. The Morgan fingerprint density at radius 3 is 2.33 bits per heavy atom. The first kappa shape index (κ1) is 8.64. The lowest BCUT2D eigenvalue weighted by atomic mass is 10.2. The lowest BCUT2D eigenvalue weighted by molar-refractivity contribution is 0.0599. The Labute approximate surface area is 67.8 Å². The van der Waals surface area contributed by atoms with Crippen molar-refractivity contribution in [2.45, 2.75) is 0 Å². The molecule has 63 valence electrons. The van der Waals surface area contributed by atoms with Crippen LogP contribution < -0.4 is 0 Å². The van der Waals surface area contributed by atoms with Gasteiger partial charge < -0.3 is 4.74 Å². The Bertz CT molecular complexity index is 290. The van der Waals surface area contributed by atoms with E-state index in [1.54, 1.807) is 6.07 Å². The van der Waals surface area contributed by atoms with Crippen LogP contribution in [0.3, 0.4) is 0 Å². The van der Waals surface area contributed by atoms with Gasteiger partial charge in [-0.15, -0.1) is 0 Å². The van der Waals surface area contributed by atoms with Gasteiger partial charge in [-0.3, -0.25) is 0 Å². The van der Waals surface area contributed by atoms with Crippen LogP contribution in [0.4, 0.5) is 8.78 Å². The summed E-state index contributed by atoms with van der Waals surface area (Å²) in [5, 5.41) is 0. The Morgan fingerprint density at radius 2 is 1.92 bits per heavy atom. The third-order valence-electron chi connectivity index (χ3n) is 1.22. The van der Waals surface area contributed by atoms with Crippen LogP contribution in [0.2, 0.25) is 0 Å². The van der Waals surface area contributed by atoms with E-state index in [9.17, 15) is 13.6 Å². The summed E-state index contributed by atoms with van der Waals surface area (Å²) < 4.78 is 29.1. The molecular weight excluding hydrogens is 166 g/mol. The number of ether oxygens (including phenoxy) is 1. The monoisotopic (exact) mass is 171 g/mol. The van der Waals surface area contributed by atoms with E-state index < -0.39 is 17.6 Å². The number of carbonyl (C=O) groups is 1. The number of esters is 1. The molecule has 0 spiro atoms. The molecule has 0 aliphatic rings. The first-order chi connectivity index (χ1) is 5.63. The van der Waals surface area contributed by atoms with Crippen molar-refractivity contribution in [3.63, 3.8) is 0 Å². The first-order valence-corrected chi connectivity index (χ1v) is 3.10. The zero-order valence-corrected chi connectivity index (χ0v) is 6.23. The van der Waals surface area contributed by atoms with Crippen molar-refractivity contribution in [3.05, 3.63) is 35.4 Å². The average molecular weight is 171 g/mol. The molecule has 0 aliphatic heterocycles. The minimum Gasteiger partial charge on any atom is -0.465 e. The molecule has 1 radical (unpaired) electrons. The number of benzene rings is 1. The van der Waals surface area contributed by atoms with Crippen molar-refractivity contribution in [1.82, 2.24) is 0 Å². The summed E-state index contributed by atoms with van der Waals surface area (Å²) in [6.45, 7) is 0. The average Bonchev–Trinajstić information content (AvgIpc) is 2.01. The van der Waals surface area contributed by atoms with Gasteiger partial charge in [0.25, 0.3) is 0 Å². The Kier molecular flexibility index (Phi) is 2.38. The molecule has 2 nitrogen and oxygen atoms in total. The van der Waals surface area contributed by atoms with Gasteiger partial charge in [-0.1, -0.05) is 0 Å². The number of carbonyl (C=O) groups excluding carboxylic acids is 1. The Hall–Kier alpha value is -1.45. The van der Waals surface area contributed by atoms with Crippen LogP contribution in [0, 0.1) is 17.7 Å². The molecule has 0 aromatic heterocycles. The number of halogens is 2. The van der Waals surface area contributed by atoms with Gasteiger partial charge in [0.05, 0.1) is 18.7 Å². The van der Waals surface area contributed by atoms with Gasteiger partial charge >= 0.3 is 5.97 Å². The molecule has 0 saturated heterocycles. The van der Waals surface area contributed by atoms with E-state index in [1.165, 1.54) is 0 Å². The quantitative estimate of drug-likeness (QED) is 0.599. The predicted octanol–water partition coefficient (Wildman–Crippen LogP) is 1.55. The molecule has 1 aromatic rings. The summed E-state index contributed by atoms with van der Waals surface area (Å²) in [6.07, 6.45) is 0. The topological polar surface area (TPSA) is 26.3 Å². The van der Waals surface area contributed by atoms with Crippen LogP contribution in [0.1, 0.15) is 10.4 Å². The van der Waals surface area contributed by atoms with Crippen LogP contribution in [-0.4, -0.2) is 13.1 Å². The molecule has 0 bridgehead atoms. The van der Waals surface area contributed by atoms with Crippen LogP contribution in [-0.2, 0) is 4.74 Å². The zero-order chi connectivity index (χ0) is 9.14. The number of rotatable bonds is 1. The van der Waals surface area contributed by atoms with Crippen molar-refractivity contribution in [2.75, 3.05) is 7.11 Å². The van der Waals surface area contributed by atoms with E-state index in [0.717, 1.165) is 19.2 Å². The highest BCUT2D eigenvalue weighted by atomic mass is 19.1. The maximum Gasteiger partial charge on any atom is 0.338 e. The molecule has 1 aromatic carbocycles. The smallest absolute Gasteiger partial charge is 0.338 e. The van der Waals surface area contributed by atoms with Crippen LogP contribution in [0.5, 0.6) is 0 Å². The van der Waals surface area contributed by atoms with Gasteiger partial charge in [0.15, 0.2) is 0 Å². The normalized spacial score (nSPS) is 9.58. The number of hydrogen-bond acceptors (Lipinski definition) is 2. The summed E-state index contributed by atoms with van der Waals surface area (Å²) in [4.78, 5) is 10.7. The summed E-state index contributed by atoms with van der Waals surface area (Å²) in [5.74, 6) is -2.62. The van der Waals surface area contributed by atoms with E-state index in [-0.39, 0.29) is 5.56 Å². The van der Waals surface area contributed by atoms with Gasteiger partial charge in [0.1, 0.15) is 11.6 Å². The van der Waals surface area contributed by atoms with Crippen LogP contribution in [0.25, 0.3) is 0 Å². The van der Waals surface area contributed by atoms with Crippen molar-refractivity contribution < 1.29 is 18.3 Å². The molecule has 0 amide bonds. The summed E-state index contributed by atoms with van der Waals surface area (Å²) >= 11 is 0. The second kappa shape index (κ2) is 3.30. The maximum absolute atomic E-state index is 12.4. The maximum atomic E-state index is 12.4. The van der Waals surface area contributed by atoms with Gasteiger partial charge in [0, 0.05) is 0 Å². The zero-order valence-electron chi connectivity index (χ0n) is 6.23. The van der Waals surface area contributed by atoms with E-state index in [0.29, 0.717) is 0 Å². The second-order valence-electron chi connectivity index (χ2n) is 2.06. The minimum atomic E-state index is -0.921. The molecule has 0 saturated carbocycles. The van der Waals surface area contributed by atoms with E-state index in [4.69, 9.17) is 0 Å². The fourth-order valence-corrected chi connectivity index (χ4v) is 0.737. The molecule has 0 N–H and O–H groups in total. The number of methoxy groups -OCH3 is 1. The fourth-order valence-electron chi connectivity index (χ4n) is 0.737. The van der Waals surface area contributed by atoms with Crippen molar-refractivity contribution in [1.29, 1.82) is 0 Å². The molecule has 0 aliphatic carbocycles.